The van der Waals surface area contributed by atoms with Crippen molar-refractivity contribution in [2.24, 2.45) is 0 Å². The van der Waals surface area contributed by atoms with E-state index in [1.807, 2.05) is 38.1 Å². The molecule has 0 saturated carbocycles. The first-order valence-electron chi connectivity index (χ1n) is 5.13. The van der Waals surface area contributed by atoms with Gasteiger partial charge in [-0.2, -0.15) is 0 Å². The Balaban J connectivity index is 2.60. The second kappa shape index (κ2) is 3.61. The van der Waals surface area contributed by atoms with Crippen LogP contribution in [-0.4, -0.2) is 12.7 Å². The molecule has 1 heterocycles. The number of fused-ring (bicyclic) bond motifs is 1. The molecule has 0 fully saturated rings. The maximum absolute atomic E-state index is 5.83. The summed E-state index contributed by atoms with van der Waals surface area (Å²) in [6.45, 7) is 4.02. The Morgan fingerprint density at radius 2 is 2.12 bits per heavy atom. The largest absolute Gasteiger partial charge is 0.495 e. The summed E-state index contributed by atoms with van der Waals surface area (Å²) in [6, 6.07) is 3.73. The minimum absolute atomic E-state index is 0.282. The molecule has 0 bridgehead atoms. The van der Waals surface area contributed by atoms with Crippen LogP contribution in [0.3, 0.4) is 0 Å². The van der Waals surface area contributed by atoms with Crippen LogP contribution in [0, 0.1) is 12.3 Å². The molecule has 0 atom stereocenters. The molecule has 1 aliphatic rings. The molecule has 82 valence electrons. The van der Waals surface area contributed by atoms with Gasteiger partial charge >= 0.3 is 0 Å². The third kappa shape index (κ3) is 1.65. The SMILES string of the molecule is C#Cc1ccc2c(c1OC)C=CC(C)(C)O2. The van der Waals surface area contributed by atoms with Gasteiger partial charge in [0.2, 0.25) is 0 Å². The van der Waals surface area contributed by atoms with E-state index >= 15 is 0 Å². The fraction of sp³-hybridized carbons (Fsp3) is 0.286. The molecule has 1 aliphatic heterocycles. The monoisotopic (exact) mass is 214 g/mol. The van der Waals surface area contributed by atoms with Crippen LogP contribution in [0.15, 0.2) is 18.2 Å². The van der Waals surface area contributed by atoms with Crippen molar-refractivity contribution < 1.29 is 9.47 Å². The van der Waals surface area contributed by atoms with Gasteiger partial charge in [-0.25, -0.2) is 0 Å². The van der Waals surface area contributed by atoms with Crippen molar-refractivity contribution in [3.8, 4) is 23.8 Å². The van der Waals surface area contributed by atoms with E-state index in [1.165, 1.54) is 0 Å². The highest BCUT2D eigenvalue weighted by molar-refractivity contribution is 5.71. The third-order valence-electron chi connectivity index (χ3n) is 2.54. The molecule has 0 spiro atoms. The second-order valence-electron chi connectivity index (χ2n) is 4.24. The lowest BCUT2D eigenvalue weighted by molar-refractivity contribution is 0.158. The minimum atomic E-state index is -0.282. The smallest absolute Gasteiger partial charge is 0.145 e. The Labute approximate surface area is 95.9 Å². The van der Waals surface area contributed by atoms with E-state index in [1.54, 1.807) is 7.11 Å². The molecular weight excluding hydrogens is 200 g/mol. The minimum Gasteiger partial charge on any atom is -0.495 e. The lowest BCUT2D eigenvalue weighted by Gasteiger charge is -2.28. The zero-order valence-corrected chi connectivity index (χ0v) is 9.70. The van der Waals surface area contributed by atoms with Crippen LogP contribution in [0.25, 0.3) is 6.08 Å². The van der Waals surface area contributed by atoms with Crippen molar-refractivity contribution in [1.29, 1.82) is 0 Å². The Hall–Kier alpha value is -1.88. The summed E-state index contributed by atoms with van der Waals surface area (Å²) in [5.41, 5.74) is 1.38. The maximum Gasteiger partial charge on any atom is 0.145 e. The van der Waals surface area contributed by atoms with Gasteiger partial charge in [0.1, 0.15) is 17.1 Å². The molecule has 0 amide bonds. The Kier molecular flexibility index (Phi) is 2.40. The van der Waals surface area contributed by atoms with Gasteiger partial charge in [0, 0.05) is 0 Å². The van der Waals surface area contributed by atoms with Crippen LogP contribution in [0.2, 0.25) is 0 Å². The van der Waals surface area contributed by atoms with Crippen LogP contribution >= 0.6 is 0 Å². The molecule has 0 aliphatic carbocycles. The Morgan fingerprint density at radius 3 is 2.75 bits per heavy atom. The number of rotatable bonds is 1. The predicted molar refractivity (Wildman–Crippen MR) is 64.7 cm³/mol. The van der Waals surface area contributed by atoms with Gasteiger partial charge in [0.15, 0.2) is 0 Å². The Morgan fingerprint density at radius 1 is 1.38 bits per heavy atom. The van der Waals surface area contributed by atoms with Gasteiger partial charge in [-0.15, -0.1) is 6.42 Å². The lowest BCUT2D eigenvalue weighted by Crippen LogP contribution is -2.27. The van der Waals surface area contributed by atoms with E-state index in [0.717, 1.165) is 16.9 Å². The molecule has 16 heavy (non-hydrogen) atoms. The molecule has 0 aromatic heterocycles. The maximum atomic E-state index is 5.83. The van der Waals surface area contributed by atoms with Crippen molar-refractivity contribution in [2.45, 2.75) is 19.4 Å². The number of hydrogen-bond donors (Lipinski definition) is 0. The highest BCUT2D eigenvalue weighted by atomic mass is 16.5. The summed E-state index contributed by atoms with van der Waals surface area (Å²) in [7, 11) is 1.62. The van der Waals surface area contributed by atoms with Crippen LogP contribution in [0.4, 0.5) is 0 Å². The molecule has 2 nitrogen and oxygen atoms in total. The van der Waals surface area contributed by atoms with Crippen molar-refractivity contribution >= 4 is 6.08 Å². The first-order chi connectivity index (χ1) is 7.57. The summed E-state index contributed by atoms with van der Waals surface area (Å²) >= 11 is 0. The molecule has 0 unspecified atom stereocenters. The van der Waals surface area contributed by atoms with Gasteiger partial charge < -0.3 is 9.47 Å². The van der Waals surface area contributed by atoms with Gasteiger partial charge in [-0.05, 0) is 38.1 Å². The number of terminal acetylenes is 1. The summed E-state index contributed by atoms with van der Waals surface area (Å²) in [5.74, 6) is 4.11. The highest BCUT2D eigenvalue weighted by Gasteiger charge is 2.24. The number of methoxy groups -OCH3 is 1. The fourth-order valence-electron chi connectivity index (χ4n) is 1.76. The summed E-state index contributed by atoms with van der Waals surface area (Å²) < 4.78 is 11.2. The Bertz CT molecular complexity index is 490. The van der Waals surface area contributed by atoms with Crippen LogP contribution in [-0.2, 0) is 0 Å². The zero-order chi connectivity index (χ0) is 11.8. The van der Waals surface area contributed by atoms with E-state index in [4.69, 9.17) is 15.9 Å². The molecule has 2 heteroatoms. The van der Waals surface area contributed by atoms with Crippen molar-refractivity contribution in [1.82, 2.24) is 0 Å². The van der Waals surface area contributed by atoms with Crippen LogP contribution in [0.1, 0.15) is 25.0 Å². The van der Waals surface area contributed by atoms with Crippen molar-refractivity contribution in [3.63, 3.8) is 0 Å². The molecule has 0 N–H and O–H groups in total. The highest BCUT2D eigenvalue weighted by Crippen LogP contribution is 2.38. The predicted octanol–water partition coefficient (Wildman–Crippen LogP) is 2.86. The summed E-state index contributed by atoms with van der Waals surface area (Å²) in [4.78, 5) is 0. The van der Waals surface area contributed by atoms with Gasteiger partial charge in [-0.3, -0.25) is 0 Å². The second-order valence-corrected chi connectivity index (χ2v) is 4.24. The van der Waals surface area contributed by atoms with Crippen LogP contribution in [0.5, 0.6) is 11.5 Å². The van der Waals surface area contributed by atoms with E-state index < -0.39 is 0 Å². The molecule has 0 saturated heterocycles. The van der Waals surface area contributed by atoms with Gasteiger partial charge in [0.25, 0.3) is 0 Å². The van der Waals surface area contributed by atoms with Crippen LogP contribution < -0.4 is 9.47 Å². The topological polar surface area (TPSA) is 18.5 Å². The van der Waals surface area contributed by atoms with Crippen molar-refractivity contribution in [3.05, 3.63) is 29.3 Å². The van der Waals surface area contributed by atoms with E-state index in [0.29, 0.717) is 5.75 Å². The zero-order valence-electron chi connectivity index (χ0n) is 9.70. The summed E-state index contributed by atoms with van der Waals surface area (Å²) in [6.07, 6.45) is 9.41. The molecule has 1 aromatic rings. The fourth-order valence-corrected chi connectivity index (χ4v) is 1.76. The number of hydrogen-bond acceptors (Lipinski definition) is 2. The lowest BCUT2D eigenvalue weighted by atomic mass is 10.00. The number of ether oxygens (including phenoxy) is 2. The third-order valence-corrected chi connectivity index (χ3v) is 2.54. The summed E-state index contributed by atoms with van der Waals surface area (Å²) in [5, 5.41) is 0. The molecule has 0 radical (unpaired) electrons. The first kappa shape index (κ1) is 10.6. The van der Waals surface area contributed by atoms with E-state index in [-0.39, 0.29) is 5.60 Å². The van der Waals surface area contributed by atoms with Gasteiger partial charge in [0.05, 0.1) is 18.2 Å². The number of benzene rings is 1. The molecular formula is C14H14O2. The molecule has 2 rings (SSSR count). The average Bonchev–Trinajstić information content (AvgIpc) is 2.26. The average molecular weight is 214 g/mol. The van der Waals surface area contributed by atoms with E-state index in [9.17, 15) is 0 Å². The quantitative estimate of drug-likeness (QED) is 0.669. The van der Waals surface area contributed by atoms with Crippen molar-refractivity contribution in [2.75, 3.05) is 7.11 Å². The molecule has 1 aromatic carbocycles. The normalized spacial score (nSPS) is 15.9. The van der Waals surface area contributed by atoms with Gasteiger partial charge in [-0.1, -0.05) is 5.92 Å². The van der Waals surface area contributed by atoms with E-state index in [2.05, 4.69) is 5.92 Å². The first-order valence-corrected chi connectivity index (χ1v) is 5.13. The standard InChI is InChI=1S/C14H14O2/c1-5-10-6-7-12-11(13(10)15-4)8-9-14(2,3)16-12/h1,6-9H,2-4H3.